The second-order valence-electron chi connectivity index (χ2n) is 8.56. The van der Waals surface area contributed by atoms with Crippen molar-refractivity contribution in [1.82, 2.24) is 29.7 Å². The van der Waals surface area contributed by atoms with Gasteiger partial charge >= 0.3 is 0 Å². The highest BCUT2D eigenvalue weighted by atomic mass is 35.5. The number of benzene rings is 1. The fourth-order valence-electron chi connectivity index (χ4n) is 3.86. The maximum Gasteiger partial charge on any atom is 0.276 e. The van der Waals surface area contributed by atoms with Gasteiger partial charge in [-0.2, -0.15) is 5.10 Å². The van der Waals surface area contributed by atoms with Gasteiger partial charge in [-0.15, -0.1) is 0 Å². The number of carbonyl (C=O) groups is 2. The molecule has 4 aromatic rings. The molecule has 200 valence electrons. The van der Waals surface area contributed by atoms with Crippen LogP contribution in [0.5, 0.6) is 0 Å². The van der Waals surface area contributed by atoms with Crippen molar-refractivity contribution in [2.75, 3.05) is 23.3 Å². The number of nitrogens with two attached hydrogens (primary N) is 1. The molecular weight excluding hydrogens is 539 g/mol. The van der Waals surface area contributed by atoms with E-state index in [1.807, 2.05) is 0 Å². The molecule has 0 atom stereocenters. The first-order valence-electron chi connectivity index (χ1n) is 11.5. The highest BCUT2D eigenvalue weighted by Crippen LogP contribution is 2.35. The van der Waals surface area contributed by atoms with E-state index in [-0.39, 0.29) is 5.69 Å². The monoisotopic (exact) mass is 557 g/mol. The van der Waals surface area contributed by atoms with Crippen molar-refractivity contribution in [2.45, 2.75) is 19.4 Å². The molecule has 0 spiro atoms. The Hall–Kier alpha value is -4.59. The molecule has 5 rings (SSSR count). The third-order valence-electron chi connectivity index (χ3n) is 5.91. The number of hydrogen-bond acceptors (Lipinski definition) is 8. The van der Waals surface area contributed by atoms with Crippen molar-refractivity contribution in [1.29, 1.82) is 0 Å². The van der Waals surface area contributed by atoms with Gasteiger partial charge in [0.25, 0.3) is 18.2 Å². The van der Waals surface area contributed by atoms with Crippen LogP contribution in [0.25, 0.3) is 11.3 Å². The number of nitrogens with one attached hydrogen (secondary N) is 1. The summed E-state index contributed by atoms with van der Waals surface area (Å²) in [5.74, 6) is -2.56. The highest BCUT2D eigenvalue weighted by Gasteiger charge is 2.26. The van der Waals surface area contributed by atoms with Crippen LogP contribution < -0.4 is 16.0 Å². The van der Waals surface area contributed by atoms with Crippen molar-refractivity contribution < 1.29 is 22.8 Å². The summed E-state index contributed by atoms with van der Waals surface area (Å²) >= 11 is 5.78. The average Bonchev–Trinajstić information content (AvgIpc) is 3.31. The highest BCUT2D eigenvalue weighted by molar-refractivity contribution is 6.31. The predicted octanol–water partition coefficient (Wildman–Crippen LogP) is 3.47. The smallest absolute Gasteiger partial charge is 0.276 e. The summed E-state index contributed by atoms with van der Waals surface area (Å²) in [6, 6.07) is 1.91. The Morgan fingerprint density at radius 1 is 1.08 bits per heavy atom. The lowest BCUT2D eigenvalue weighted by Crippen LogP contribution is -2.38. The van der Waals surface area contributed by atoms with Gasteiger partial charge in [0.2, 0.25) is 5.95 Å². The van der Waals surface area contributed by atoms with Crippen LogP contribution in [0.2, 0.25) is 5.02 Å². The lowest BCUT2D eigenvalue weighted by atomic mass is 10.0. The molecule has 2 amide bonds. The summed E-state index contributed by atoms with van der Waals surface area (Å²) in [5, 5.41) is 6.25. The molecule has 1 fully saturated rings. The summed E-state index contributed by atoms with van der Waals surface area (Å²) in [6.45, 7) is 2.16. The Bertz CT molecular complexity index is 1560. The number of primary amides is 1. The Kier molecular flexibility index (Phi) is 7.11. The van der Waals surface area contributed by atoms with Crippen LogP contribution in [0.15, 0.2) is 43.1 Å². The van der Waals surface area contributed by atoms with E-state index < -0.39 is 57.3 Å². The van der Waals surface area contributed by atoms with Crippen LogP contribution in [0.1, 0.15) is 45.0 Å². The minimum Gasteiger partial charge on any atom is -0.364 e. The molecule has 0 saturated carbocycles. The topological polar surface area (TPSA) is 145 Å². The lowest BCUT2D eigenvalue weighted by molar-refractivity contribution is 0.0969. The second kappa shape index (κ2) is 10.6. The van der Waals surface area contributed by atoms with Gasteiger partial charge in [0, 0.05) is 48.4 Å². The third kappa shape index (κ3) is 5.36. The van der Waals surface area contributed by atoms with E-state index in [1.165, 1.54) is 17.1 Å². The molecule has 11 nitrogen and oxygen atoms in total. The van der Waals surface area contributed by atoms with E-state index in [4.69, 9.17) is 17.3 Å². The molecule has 15 heteroatoms. The molecule has 0 unspecified atom stereocenters. The van der Waals surface area contributed by atoms with Gasteiger partial charge in [-0.05, 0) is 12.5 Å². The van der Waals surface area contributed by atoms with Crippen molar-refractivity contribution in [3.05, 3.63) is 76.5 Å². The van der Waals surface area contributed by atoms with Crippen LogP contribution in [-0.2, 0) is 6.54 Å². The van der Waals surface area contributed by atoms with Crippen LogP contribution >= 0.6 is 11.6 Å². The number of alkyl halides is 2. The minimum atomic E-state index is -3.08. The number of anilines is 2. The number of hydrogen-bond donors (Lipinski definition) is 2. The van der Waals surface area contributed by atoms with E-state index in [9.17, 15) is 22.8 Å². The third-order valence-corrected chi connectivity index (χ3v) is 6.20. The molecular formula is C24H19ClF3N9O2. The zero-order valence-electron chi connectivity index (χ0n) is 20.0. The molecule has 0 radical (unpaired) electrons. The molecule has 39 heavy (non-hydrogen) atoms. The molecule has 1 aliphatic rings. The number of amides is 2. The van der Waals surface area contributed by atoms with Gasteiger partial charge in [-0.25, -0.2) is 33.1 Å². The molecule has 1 aliphatic heterocycles. The van der Waals surface area contributed by atoms with Crippen molar-refractivity contribution >= 4 is 35.1 Å². The maximum absolute atomic E-state index is 14.8. The second-order valence-corrected chi connectivity index (χ2v) is 8.96. The van der Waals surface area contributed by atoms with Gasteiger partial charge in [-0.1, -0.05) is 17.7 Å². The van der Waals surface area contributed by atoms with Crippen LogP contribution in [0.4, 0.5) is 24.8 Å². The van der Waals surface area contributed by atoms with Crippen molar-refractivity contribution in [3.63, 3.8) is 0 Å². The van der Waals surface area contributed by atoms with Crippen LogP contribution in [-0.4, -0.2) is 54.6 Å². The summed E-state index contributed by atoms with van der Waals surface area (Å²) in [7, 11) is 0. The van der Waals surface area contributed by atoms with Crippen LogP contribution in [0.3, 0.4) is 0 Å². The SMILES string of the molecule is NC(=O)c1ncc(-c2c(C(F)F)ccc(Cl)c2F)nc1C(=O)Nc1cnn(Cc2cnc(N3CCC3)nc2)c1. The van der Waals surface area contributed by atoms with E-state index in [1.54, 1.807) is 12.4 Å². The Morgan fingerprint density at radius 2 is 1.82 bits per heavy atom. The summed E-state index contributed by atoms with van der Waals surface area (Å²) in [4.78, 5) is 43.4. The van der Waals surface area contributed by atoms with Gasteiger partial charge < -0.3 is 16.0 Å². The summed E-state index contributed by atoms with van der Waals surface area (Å²) in [6.07, 6.45) is 5.12. The number of carbonyl (C=O) groups excluding carboxylic acids is 2. The molecule has 0 bridgehead atoms. The Labute approximate surface area is 223 Å². The molecule has 1 saturated heterocycles. The molecule has 3 N–H and O–H groups in total. The first-order chi connectivity index (χ1) is 18.7. The van der Waals surface area contributed by atoms with E-state index >= 15 is 0 Å². The van der Waals surface area contributed by atoms with Crippen LogP contribution in [0, 0.1) is 5.82 Å². The summed E-state index contributed by atoms with van der Waals surface area (Å²) < 4.78 is 43.4. The normalized spacial score (nSPS) is 12.9. The maximum atomic E-state index is 14.8. The quantitative estimate of drug-likeness (QED) is 0.335. The largest absolute Gasteiger partial charge is 0.364 e. The summed E-state index contributed by atoms with van der Waals surface area (Å²) in [5.41, 5.74) is 3.40. The van der Waals surface area contributed by atoms with Crippen molar-refractivity contribution in [2.24, 2.45) is 5.73 Å². The Balaban J connectivity index is 1.38. The van der Waals surface area contributed by atoms with Gasteiger partial charge in [0.1, 0.15) is 0 Å². The predicted molar refractivity (Wildman–Crippen MR) is 134 cm³/mol. The van der Waals surface area contributed by atoms with E-state index in [2.05, 4.69) is 35.3 Å². The first kappa shape index (κ1) is 26.0. The van der Waals surface area contributed by atoms with E-state index in [0.29, 0.717) is 12.5 Å². The van der Waals surface area contributed by atoms with Gasteiger partial charge in [-0.3, -0.25) is 14.3 Å². The van der Waals surface area contributed by atoms with Gasteiger partial charge in [0.05, 0.1) is 35.3 Å². The lowest BCUT2D eigenvalue weighted by Gasteiger charge is -2.30. The number of halogens is 4. The molecule has 1 aromatic carbocycles. The fraction of sp³-hybridized carbons (Fsp3) is 0.208. The van der Waals surface area contributed by atoms with Gasteiger partial charge in [0.15, 0.2) is 17.2 Å². The first-order valence-corrected chi connectivity index (χ1v) is 11.9. The Morgan fingerprint density at radius 3 is 2.46 bits per heavy atom. The fourth-order valence-corrected chi connectivity index (χ4v) is 4.01. The standard InChI is InChI=1S/C24H19ClF3N9O2/c25-15-3-2-14(21(27)28)17(18(15)26)16-9-30-19(22(29)38)20(35-16)23(39)34-13-8-33-37(11-13)10-12-6-31-24(32-7-12)36-4-1-5-36/h2-3,6-9,11,21H,1,4-5,10H2,(H2,29,38)(H,34,39). The molecule has 4 heterocycles. The number of nitrogens with zero attached hydrogens (tertiary/aromatic N) is 7. The zero-order valence-corrected chi connectivity index (χ0v) is 20.7. The van der Waals surface area contributed by atoms with Crippen molar-refractivity contribution in [3.8, 4) is 11.3 Å². The number of aromatic nitrogens is 6. The average molecular weight is 558 g/mol. The molecule has 0 aliphatic carbocycles. The number of rotatable bonds is 8. The zero-order chi connectivity index (χ0) is 27.7. The molecule has 3 aromatic heterocycles. The van der Waals surface area contributed by atoms with E-state index in [0.717, 1.165) is 43.4 Å². The minimum absolute atomic E-state index is 0.225.